The zero-order chi connectivity index (χ0) is 11.3. The lowest BCUT2D eigenvalue weighted by Crippen LogP contribution is -1.90. The van der Waals surface area contributed by atoms with Gasteiger partial charge >= 0.3 is 0 Å². The molecule has 0 saturated heterocycles. The summed E-state index contributed by atoms with van der Waals surface area (Å²) in [7, 11) is 0. The Labute approximate surface area is 98.0 Å². The van der Waals surface area contributed by atoms with E-state index in [0.717, 1.165) is 0 Å². The quantitative estimate of drug-likeness (QED) is 0.612. The van der Waals surface area contributed by atoms with Gasteiger partial charge in [0, 0.05) is 16.1 Å². The van der Waals surface area contributed by atoms with Crippen molar-refractivity contribution in [2.75, 3.05) is 5.32 Å². The van der Waals surface area contributed by atoms with E-state index in [0.29, 0.717) is 15.6 Å². The van der Waals surface area contributed by atoms with Crippen LogP contribution in [-0.2, 0) is 0 Å². The maximum absolute atomic E-state index is 8.50. The van der Waals surface area contributed by atoms with Gasteiger partial charge in [-0.25, -0.2) is 0 Å². The third kappa shape index (κ3) is 3.21. The van der Waals surface area contributed by atoms with Crippen molar-refractivity contribution in [3.8, 4) is 12.1 Å². The molecule has 1 N–H and O–H groups in total. The molecule has 0 aliphatic heterocycles. The average Bonchev–Trinajstić information content (AvgIpc) is 2.22. The first-order chi connectivity index (χ1) is 7.17. The highest BCUT2D eigenvalue weighted by atomic mass is 35.5. The summed E-state index contributed by atoms with van der Waals surface area (Å²) in [6.45, 7) is 0. The van der Waals surface area contributed by atoms with Gasteiger partial charge in [-0.05, 0) is 18.2 Å². The SMILES string of the molecule is N#CC(C#N)=CNc1ccc(Cl)cc1S. The lowest BCUT2D eigenvalue weighted by atomic mass is 10.3. The topological polar surface area (TPSA) is 59.6 Å². The molecule has 1 aromatic carbocycles. The number of nitrogens with zero attached hydrogens (tertiary/aromatic N) is 2. The van der Waals surface area contributed by atoms with E-state index in [1.54, 1.807) is 30.3 Å². The van der Waals surface area contributed by atoms with Crippen molar-refractivity contribution in [2.45, 2.75) is 4.90 Å². The van der Waals surface area contributed by atoms with Crippen LogP contribution < -0.4 is 5.32 Å². The first-order valence-electron chi connectivity index (χ1n) is 3.93. The predicted octanol–water partition coefficient (Wildman–Crippen LogP) is 2.97. The lowest BCUT2D eigenvalue weighted by Gasteiger charge is -2.04. The molecule has 0 radical (unpaired) electrons. The smallest absolute Gasteiger partial charge is 0.145 e. The van der Waals surface area contributed by atoms with Crippen LogP contribution in [0.25, 0.3) is 0 Å². The summed E-state index contributed by atoms with van der Waals surface area (Å²) < 4.78 is 0. The van der Waals surface area contributed by atoms with Gasteiger partial charge in [-0.3, -0.25) is 0 Å². The Bertz CT molecular complexity index is 466. The fourth-order valence-electron chi connectivity index (χ4n) is 0.866. The number of hydrogen-bond donors (Lipinski definition) is 2. The average molecular weight is 236 g/mol. The second kappa shape index (κ2) is 5.31. The standard InChI is InChI=1S/C10H6ClN3S/c11-8-1-2-9(10(15)3-8)14-6-7(4-12)5-13/h1-3,6,14-15H. The number of hydrogen-bond acceptors (Lipinski definition) is 4. The van der Waals surface area contributed by atoms with E-state index in [-0.39, 0.29) is 5.57 Å². The maximum Gasteiger partial charge on any atom is 0.145 e. The number of nitrogens with one attached hydrogen (secondary N) is 1. The van der Waals surface area contributed by atoms with Gasteiger partial charge < -0.3 is 5.32 Å². The zero-order valence-electron chi connectivity index (χ0n) is 7.53. The molecule has 0 fully saturated rings. The van der Waals surface area contributed by atoms with Crippen LogP contribution in [0.4, 0.5) is 5.69 Å². The molecular weight excluding hydrogens is 230 g/mol. The van der Waals surface area contributed by atoms with Crippen molar-refractivity contribution in [2.24, 2.45) is 0 Å². The molecule has 0 atom stereocenters. The van der Waals surface area contributed by atoms with Crippen LogP contribution in [0.2, 0.25) is 5.02 Å². The van der Waals surface area contributed by atoms with Crippen molar-refractivity contribution in [3.63, 3.8) is 0 Å². The molecule has 0 saturated carbocycles. The van der Waals surface area contributed by atoms with E-state index in [2.05, 4.69) is 17.9 Å². The van der Waals surface area contributed by atoms with Gasteiger partial charge in [-0.1, -0.05) is 11.6 Å². The molecule has 0 bridgehead atoms. The number of halogens is 1. The summed E-state index contributed by atoms with van der Waals surface area (Å²) in [5.74, 6) is 0. The largest absolute Gasteiger partial charge is 0.359 e. The van der Waals surface area contributed by atoms with Gasteiger partial charge in [-0.2, -0.15) is 10.5 Å². The molecule has 1 rings (SSSR count). The molecule has 0 unspecified atom stereocenters. The lowest BCUT2D eigenvalue weighted by molar-refractivity contribution is 1.40. The molecule has 0 spiro atoms. The Morgan fingerprint density at radius 1 is 1.40 bits per heavy atom. The molecule has 15 heavy (non-hydrogen) atoms. The van der Waals surface area contributed by atoms with Crippen LogP contribution in [0, 0.1) is 22.7 Å². The van der Waals surface area contributed by atoms with Gasteiger partial charge in [0.2, 0.25) is 0 Å². The number of benzene rings is 1. The van der Waals surface area contributed by atoms with Gasteiger partial charge in [0.05, 0.1) is 5.69 Å². The van der Waals surface area contributed by atoms with Crippen molar-refractivity contribution >= 4 is 29.9 Å². The monoisotopic (exact) mass is 235 g/mol. The molecule has 0 aromatic heterocycles. The number of allylic oxidation sites excluding steroid dienone is 1. The predicted molar refractivity (Wildman–Crippen MR) is 61.6 cm³/mol. The second-order valence-corrected chi connectivity index (χ2v) is 3.51. The van der Waals surface area contributed by atoms with Crippen molar-refractivity contribution < 1.29 is 0 Å². The molecule has 5 heteroatoms. The first-order valence-corrected chi connectivity index (χ1v) is 4.75. The van der Waals surface area contributed by atoms with E-state index in [4.69, 9.17) is 22.1 Å². The molecule has 74 valence electrons. The highest BCUT2D eigenvalue weighted by Crippen LogP contribution is 2.23. The van der Waals surface area contributed by atoms with E-state index in [1.165, 1.54) is 6.20 Å². The summed E-state index contributed by atoms with van der Waals surface area (Å²) in [5.41, 5.74) is 0.684. The second-order valence-electron chi connectivity index (χ2n) is 2.59. The fourth-order valence-corrected chi connectivity index (χ4v) is 1.39. The summed E-state index contributed by atoms with van der Waals surface area (Å²) in [6, 6.07) is 8.55. The number of thiol groups is 1. The highest BCUT2D eigenvalue weighted by Gasteiger charge is 1.98. The molecule has 0 aliphatic carbocycles. The van der Waals surface area contributed by atoms with Gasteiger partial charge in [0.1, 0.15) is 17.7 Å². The van der Waals surface area contributed by atoms with E-state index < -0.39 is 0 Å². The Balaban J connectivity index is 2.89. The minimum absolute atomic E-state index is 0.00215. The normalized spacial score (nSPS) is 8.53. The van der Waals surface area contributed by atoms with Gasteiger partial charge in [0.15, 0.2) is 0 Å². The van der Waals surface area contributed by atoms with Crippen LogP contribution in [0.3, 0.4) is 0 Å². The van der Waals surface area contributed by atoms with Crippen LogP contribution in [-0.4, -0.2) is 0 Å². The van der Waals surface area contributed by atoms with Gasteiger partial charge in [-0.15, -0.1) is 12.6 Å². The summed E-state index contributed by atoms with van der Waals surface area (Å²) >= 11 is 9.92. The van der Waals surface area contributed by atoms with Crippen LogP contribution in [0.15, 0.2) is 34.9 Å². The minimum Gasteiger partial charge on any atom is -0.359 e. The molecule has 3 nitrogen and oxygen atoms in total. The van der Waals surface area contributed by atoms with Crippen LogP contribution in [0.5, 0.6) is 0 Å². The van der Waals surface area contributed by atoms with Gasteiger partial charge in [0.25, 0.3) is 0 Å². The number of nitriles is 2. The van der Waals surface area contributed by atoms with E-state index in [9.17, 15) is 0 Å². The Kier molecular flexibility index (Phi) is 4.05. The zero-order valence-corrected chi connectivity index (χ0v) is 9.18. The highest BCUT2D eigenvalue weighted by molar-refractivity contribution is 7.80. The number of anilines is 1. The van der Waals surface area contributed by atoms with Crippen molar-refractivity contribution in [3.05, 3.63) is 35.0 Å². The molecule has 1 aromatic rings. The van der Waals surface area contributed by atoms with E-state index >= 15 is 0 Å². The maximum atomic E-state index is 8.50. The third-order valence-electron chi connectivity index (χ3n) is 1.57. The number of rotatable bonds is 2. The molecule has 0 heterocycles. The summed E-state index contributed by atoms with van der Waals surface area (Å²) in [6.07, 6.45) is 1.32. The third-order valence-corrected chi connectivity index (χ3v) is 2.18. The first kappa shape index (κ1) is 11.5. The van der Waals surface area contributed by atoms with Crippen LogP contribution >= 0.6 is 24.2 Å². The molecule has 0 amide bonds. The van der Waals surface area contributed by atoms with Crippen LogP contribution in [0.1, 0.15) is 0 Å². The summed E-state index contributed by atoms with van der Waals surface area (Å²) in [4.78, 5) is 0.647. The fraction of sp³-hybridized carbons (Fsp3) is 0. The van der Waals surface area contributed by atoms with E-state index in [1.807, 2.05) is 0 Å². The Morgan fingerprint density at radius 3 is 2.60 bits per heavy atom. The summed E-state index contributed by atoms with van der Waals surface area (Å²) in [5, 5.41) is 20.4. The molecular formula is C10H6ClN3S. The Morgan fingerprint density at radius 2 is 2.07 bits per heavy atom. The van der Waals surface area contributed by atoms with Crippen molar-refractivity contribution in [1.82, 2.24) is 0 Å². The Hall–Kier alpha value is -1.62. The van der Waals surface area contributed by atoms with Crippen molar-refractivity contribution in [1.29, 1.82) is 10.5 Å². The minimum atomic E-state index is -0.00215. The molecule has 0 aliphatic rings.